The van der Waals surface area contributed by atoms with Crippen LogP contribution in [-0.4, -0.2) is 11.1 Å². The van der Waals surface area contributed by atoms with Crippen LogP contribution in [0.15, 0.2) is 24.8 Å². The fraction of sp³-hybridized carbons (Fsp3) is 0.615. The van der Waals surface area contributed by atoms with E-state index in [2.05, 4.69) is 6.58 Å². The maximum Gasteiger partial charge on any atom is 0.327 e. The van der Waals surface area contributed by atoms with Crippen molar-refractivity contribution in [1.29, 1.82) is 0 Å². The van der Waals surface area contributed by atoms with Gasteiger partial charge in [0, 0.05) is 6.08 Å². The molecule has 0 aliphatic rings. The van der Waals surface area contributed by atoms with Crippen molar-refractivity contribution in [3.8, 4) is 0 Å². The van der Waals surface area contributed by atoms with Crippen molar-refractivity contribution in [2.45, 2.75) is 51.4 Å². The van der Waals surface area contributed by atoms with E-state index >= 15 is 0 Å². The molecule has 0 amide bonds. The Morgan fingerprint density at radius 2 is 1.53 bits per heavy atom. The summed E-state index contributed by atoms with van der Waals surface area (Å²) in [5.74, 6) is -0.848. The second-order valence-corrected chi connectivity index (χ2v) is 3.73. The van der Waals surface area contributed by atoms with Gasteiger partial charge in [-0.3, -0.25) is 0 Å². The molecule has 0 aliphatic heterocycles. The highest BCUT2D eigenvalue weighted by Crippen LogP contribution is 2.08. The van der Waals surface area contributed by atoms with E-state index in [0.29, 0.717) is 0 Å². The Hall–Kier alpha value is -1.05. The number of unbranched alkanes of at least 4 members (excludes halogenated alkanes) is 7. The summed E-state index contributed by atoms with van der Waals surface area (Å²) in [7, 11) is 0. The fourth-order valence-electron chi connectivity index (χ4n) is 1.44. The summed E-state index contributed by atoms with van der Waals surface area (Å²) in [4.78, 5) is 10.1. The van der Waals surface area contributed by atoms with Crippen molar-refractivity contribution in [1.82, 2.24) is 0 Å². The number of carboxylic acid groups (broad SMARTS) is 1. The van der Waals surface area contributed by atoms with Gasteiger partial charge in [-0.05, 0) is 25.7 Å². The van der Waals surface area contributed by atoms with Crippen molar-refractivity contribution < 1.29 is 9.90 Å². The Labute approximate surface area is 92.7 Å². The van der Waals surface area contributed by atoms with Crippen LogP contribution in [-0.2, 0) is 4.79 Å². The molecule has 0 saturated carbocycles. The Morgan fingerprint density at radius 1 is 1.00 bits per heavy atom. The third-order valence-corrected chi connectivity index (χ3v) is 2.29. The largest absolute Gasteiger partial charge is 0.478 e. The highest BCUT2D eigenvalue weighted by molar-refractivity contribution is 5.79. The minimum absolute atomic E-state index is 0.848. The quantitative estimate of drug-likeness (QED) is 0.337. The molecular formula is C13H22O2. The van der Waals surface area contributed by atoms with E-state index in [4.69, 9.17) is 5.11 Å². The van der Waals surface area contributed by atoms with Gasteiger partial charge >= 0.3 is 5.97 Å². The van der Waals surface area contributed by atoms with Crippen LogP contribution in [0.25, 0.3) is 0 Å². The first-order chi connectivity index (χ1) is 7.27. The molecule has 0 radical (unpaired) electrons. The Bertz CT molecular complexity index is 195. The topological polar surface area (TPSA) is 37.3 Å². The van der Waals surface area contributed by atoms with Crippen LogP contribution in [0, 0.1) is 0 Å². The molecule has 86 valence electrons. The number of carboxylic acids is 1. The third kappa shape index (κ3) is 12.9. The van der Waals surface area contributed by atoms with Crippen molar-refractivity contribution in [3.63, 3.8) is 0 Å². The average molecular weight is 210 g/mol. The summed E-state index contributed by atoms with van der Waals surface area (Å²) in [6.45, 7) is 3.69. The highest BCUT2D eigenvalue weighted by atomic mass is 16.4. The summed E-state index contributed by atoms with van der Waals surface area (Å²) in [5, 5.41) is 8.34. The number of hydrogen-bond acceptors (Lipinski definition) is 1. The van der Waals surface area contributed by atoms with Gasteiger partial charge in [-0.15, -0.1) is 6.58 Å². The molecular weight excluding hydrogens is 188 g/mol. The van der Waals surface area contributed by atoms with E-state index in [-0.39, 0.29) is 0 Å². The van der Waals surface area contributed by atoms with Crippen LogP contribution >= 0.6 is 0 Å². The lowest BCUT2D eigenvalue weighted by molar-refractivity contribution is -0.131. The first-order valence-corrected chi connectivity index (χ1v) is 5.77. The zero-order valence-corrected chi connectivity index (χ0v) is 9.45. The molecule has 0 aromatic heterocycles. The van der Waals surface area contributed by atoms with E-state index < -0.39 is 5.97 Å². The smallest absolute Gasteiger partial charge is 0.327 e. The molecule has 15 heavy (non-hydrogen) atoms. The lowest BCUT2D eigenvalue weighted by atomic mass is 10.1. The Morgan fingerprint density at radius 3 is 2.07 bits per heavy atom. The van der Waals surface area contributed by atoms with Crippen molar-refractivity contribution in [2.24, 2.45) is 0 Å². The van der Waals surface area contributed by atoms with E-state index in [1.807, 2.05) is 6.08 Å². The molecule has 0 fully saturated rings. The van der Waals surface area contributed by atoms with E-state index in [0.717, 1.165) is 19.3 Å². The third-order valence-electron chi connectivity index (χ3n) is 2.29. The molecule has 0 bridgehead atoms. The van der Waals surface area contributed by atoms with E-state index in [9.17, 15) is 4.79 Å². The molecule has 0 rings (SSSR count). The molecule has 0 unspecified atom stereocenters. The Balaban J connectivity index is 3.05. The number of rotatable bonds is 10. The van der Waals surface area contributed by atoms with Crippen LogP contribution in [0.2, 0.25) is 0 Å². The van der Waals surface area contributed by atoms with Gasteiger partial charge in [-0.25, -0.2) is 4.79 Å². The molecule has 0 saturated heterocycles. The predicted octanol–water partition coefficient (Wildman–Crippen LogP) is 3.93. The van der Waals surface area contributed by atoms with Gasteiger partial charge in [0.25, 0.3) is 0 Å². The lowest BCUT2D eigenvalue weighted by Gasteiger charge is -1.98. The van der Waals surface area contributed by atoms with E-state index in [1.165, 1.54) is 38.2 Å². The van der Waals surface area contributed by atoms with Crippen LogP contribution in [0.4, 0.5) is 0 Å². The molecule has 0 spiro atoms. The van der Waals surface area contributed by atoms with Crippen LogP contribution < -0.4 is 0 Å². The van der Waals surface area contributed by atoms with Gasteiger partial charge < -0.3 is 5.11 Å². The second kappa shape index (κ2) is 11.0. The normalized spacial score (nSPS) is 10.7. The fourth-order valence-corrected chi connectivity index (χ4v) is 1.44. The molecule has 0 aliphatic carbocycles. The molecule has 2 heteroatoms. The minimum Gasteiger partial charge on any atom is -0.478 e. The number of allylic oxidation sites excluding steroid dienone is 2. The number of aliphatic carboxylic acids is 1. The molecule has 1 N–H and O–H groups in total. The lowest BCUT2D eigenvalue weighted by Crippen LogP contribution is -1.85. The maximum atomic E-state index is 10.1. The van der Waals surface area contributed by atoms with Crippen molar-refractivity contribution in [2.75, 3.05) is 0 Å². The predicted molar refractivity (Wildman–Crippen MR) is 63.9 cm³/mol. The number of carbonyl (C=O) groups is 1. The van der Waals surface area contributed by atoms with Gasteiger partial charge in [0.15, 0.2) is 0 Å². The van der Waals surface area contributed by atoms with Crippen LogP contribution in [0.1, 0.15) is 51.4 Å². The zero-order chi connectivity index (χ0) is 11.4. The van der Waals surface area contributed by atoms with Gasteiger partial charge in [0.1, 0.15) is 0 Å². The molecule has 2 nitrogen and oxygen atoms in total. The maximum absolute atomic E-state index is 10.1. The number of hydrogen-bond donors (Lipinski definition) is 1. The van der Waals surface area contributed by atoms with Gasteiger partial charge in [0.05, 0.1) is 0 Å². The summed E-state index contributed by atoms with van der Waals surface area (Å²) >= 11 is 0. The Kier molecular flexibility index (Phi) is 10.3. The summed E-state index contributed by atoms with van der Waals surface area (Å²) in [5.41, 5.74) is 0. The van der Waals surface area contributed by atoms with Crippen molar-refractivity contribution in [3.05, 3.63) is 24.8 Å². The van der Waals surface area contributed by atoms with Crippen LogP contribution in [0.5, 0.6) is 0 Å². The van der Waals surface area contributed by atoms with Gasteiger partial charge in [-0.2, -0.15) is 0 Å². The first kappa shape index (κ1) is 13.9. The molecule has 0 heterocycles. The van der Waals surface area contributed by atoms with E-state index in [1.54, 1.807) is 6.08 Å². The second-order valence-electron chi connectivity index (χ2n) is 3.73. The first-order valence-electron chi connectivity index (χ1n) is 5.77. The average Bonchev–Trinajstić information content (AvgIpc) is 2.20. The summed E-state index contributed by atoms with van der Waals surface area (Å²) < 4.78 is 0. The zero-order valence-electron chi connectivity index (χ0n) is 9.45. The van der Waals surface area contributed by atoms with Gasteiger partial charge in [-0.1, -0.05) is 37.8 Å². The summed E-state index contributed by atoms with van der Waals surface area (Å²) in [6.07, 6.45) is 14.3. The minimum atomic E-state index is -0.848. The molecule has 0 atom stereocenters. The molecule has 0 aromatic rings. The van der Waals surface area contributed by atoms with Crippen molar-refractivity contribution >= 4 is 5.97 Å². The monoisotopic (exact) mass is 210 g/mol. The molecule has 0 aromatic carbocycles. The summed E-state index contributed by atoms with van der Waals surface area (Å²) in [6, 6.07) is 0. The van der Waals surface area contributed by atoms with Crippen LogP contribution in [0.3, 0.4) is 0 Å². The van der Waals surface area contributed by atoms with Gasteiger partial charge in [0.2, 0.25) is 0 Å². The SMILES string of the molecule is C=CCCCCCCCC/C=C/C(=O)O. The standard InChI is InChI=1S/C13H22O2/c1-2-3-4-5-6-7-8-9-10-11-12-13(14)15/h2,11-12H,1,3-10H2,(H,14,15)/b12-11+. The highest BCUT2D eigenvalue weighted by Gasteiger charge is 1.90.